The van der Waals surface area contributed by atoms with Crippen molar-refractivity contribution in [1.82, 2.24) is 4.98 Å². The summed E-state index contributed by atoms with van der Waals surface area (Å²) in [6.07, 6.45) is 0. The van der Waals surface area contributed by atoms with Crippen LogP contribution in [0, 0.1) is 10.1 Å². The quantitative estimate of drug-likeness (QED) is 0.455. The monoisotopic (exact) mass is 224 g/mol. The van der Waals surface area contributed by atoms with Crippen LogP contribution < -0.4 is 0 Å². The normalized spacial score (nSPS) is 10.7. The minimum Gasteiger partial charge on any atom is -0.431 e. The first-order chi connectivity index (χ1) is 7.20. The second-order valence-electron chi connectivity index (χ2n) is 2.82. The van der Waals surface area contributed by atoms with Crippen molar-refractivity contribution in [2.75, 3.05) is 5.75 Å². The minimum atomic E-state index is -0.450. The van der Waals surface area contributed by atoms with Crippen molar-refractivity contribution >= 4 is 28.5 Å². The van der Waals surface area contributed by atoms with Gasteiger partial charge in [0.2, 0.25) is 0 Å². The topological polar surface area (TPSA) is 69.2 Å². The maximum Gasteiger partial charge on any atom is 0.273 e. The first-order valence-electron chi connectivity index (χ1n) is 4.38. The molecule has 0 spiro atoms. The van der Waals surface area contributed by atoms with E-state index in [1.54, 1.807) is 6.07 Å². The van der Waals surface area contributed by atoms with Gasteiger partial charge in [-0.05, 0) is 11.8 Å². The molecule has 0 amide bonds. The summed E-state index contributed by atoms with van der Waals surface area (Å²) in [5.41, 5.74) is 1.13. The number of nitrogens with zero attached hydrogens (tertiary/aromatic N) is 2. The Hall–Kier alpha value is -1.56. The van der Waals surface area contributed by atoms with E-state index in [2.05, 4.69) is 4.98 Å². The highest BCUT2D eigenvalue weighted by Gasteiger charge is 2.11. The van der Waals surface area contributed by atoms with Crippen LogP contribution in [0.15, 0.2) is 27.8 Å². The van der Waals surface area contributed by atoms with Crippen molar-refractivity contribution in [3.05, 3.63) is 28.3 Å². The Kier molecular flexibility index (Phi) is 2.59. The third-order valence-corrected chi connectivity index (χ3v) is 2.54. The van der Waals surface area contributed by atoms with E-state index in [1.165, 1.54) is 23.9 Å². The van der Waals surface area contributed by atoms with Crippen LogP contribution in [-0.2, 0) is 0 Å². The first kappa shape index (κ1) is 9.97. The molecule has 15 heavy (non-hydrogen) atoms. The Morgan fingerprint density at radius 3 is 3.07 bits per heavy atom. The Morgan fingerprint density at radius 1 is 1.60 bits per heavy atom. The van der Waals surface area contributed by atoms with E-state index in [0.717, 1.165) is 5.75 Å². The number of thioether (sulfide) groups is 1. The summed E-state index contributed by atoms with van der Waals surface area (Å²) in [6.45, 7) is 1.99. The summed E-state index contributed by atoms with van der Waals surface area (Å²) >= 11 is 1.47. The van der Waals surface area contributed by atoms with E-state index in [0.29, 0.717) is 16.3 Å². The van der Waals surface area contributed by atoms with Gasteiger partial charge in [-0.1, -0.05) is 18.7 Å². The molecule has 1 heterocycles. The van der Waals surface area contributed by atoms with Crippen LogP contribution in [0.25, 0.3) is 11.1 Å². The molecule has 0 aliphatic heterocycles. The van der Waals surface area contributed by atoms with Gasteiger partial charge in [-0.2, -0.15) is 0 Å². The Morgan fingerprint density at radius 2 is 2.40 bits per heavy atom. The molecule has 0 saturated carbocycles. The van der Waals surface area contributed by atoms with E-state index in [9.17, 15) is 10.1 Å². The molecule has 1 aromatic heterocycles. The zero-order valence-electron chi connectivity index (χ0n) is 7.97. The molecule has 0 atom stereocenters. The van der Waals surface area contributed by atoms with Gasteiger partial charge in [0.25, 0.3) is 10.9 Å². The number of fused-ring (bicyclic) bond motifs is 1. The molecule has 0 unspecified atom stereocenters. The molecule has 1 aromatic carbocycles. The van der Waals surface area contributed by atoms with Crippen LogP contribution in [-0.4, -0.2) is 15.7 Å². The Balaban J connectivity index is 2.47. The number of non-ortho nitro benzene ring substituents is 1. The van der Waals surface area contributed by atoms with Crippen LogP contribution in [0.2, 0.25) is 0 Å². The van der Waals surface area contributed by atoms with E-state index in [4.69, 9.17) is 4.42 Å². The average Bonchev–Trinajstić information content (AvgIpc) is 2.59. The predicted molar refractivity (Wildman–Crippen MR) is 57.1 cm³/mol. The third kappa shape index (κ3) is 1.94. The molecule has 0 radical (unpaired) electrons. The molecule has 5 nitrogen and oxygen atoms in total. The number of oxazole rings is 1. The number of benzene rings is 1. The summed E-state index contributed by atoms with van der Waals surface area (Å²) in [4.78, 5) is 14.2. The second-order valence-corrected chi connectivity index (χ2v) is 4.04. The fraction of sp³-hybridized carbons (Fsp3) is 0.222. The number of hydrogen-bond acceptors (Lipinski definition) is 5. The van der Waals surface area contributed by atoms with E-state index in [1.807, 2.05) is 6.92 Å². The van der Waals surface area contributed by atoms with Gasteiger partial charge in [-0.25, -0.2) is 4.98 Å². The lowest BCUT2D eigenvalue weighted by molar-refractivity contribution is -0.384. The van der Waals surface area contributed by atoms with Gasteiger partial charge in [0, 0.05) is 6.07 Å². The fourth-order valence-corrected chi connectivity index (χ4v) is 1.75. The van der Waals surface area contributed by atoms with Gasteiger partial charge in [0.05, 0.1) is 11.0 Å². The molecule has 0 saturated heterocycles. The summed E-state index contributed by atoms with van der Waals surface area (Å²) in [5, 5.41) is 11.1. The average molecular weight is 224 g/mol. The number of rotatable bonds is 3. The highest BCUT2D eigenvalue weighted by molar-refractivity contribution is 7.99. The van der Waals surface area contributed by atoms with Crippen molar-refractivity contribution in [2.45, 2.75) is 12.1 Å². The van der Waals surface area contributed by atoms with Crippen LogP contribution in [0.4, 0.5) is 5.69 Å². The van der Waals surface area contributed by atoms with E-state index >= 15 is 0 Å². The maximum atomic E-state index is 10.5. The molecule has 0 fully saturated rings. The lowest BCUT2D eigenvalue weighted by Gasteiger charge is -1.88. The van der Waals surface area contributed by atoms with Gasteiger partial charge < -0.3 is 4.42 Å². The number of aromatic nitrogens is 1. The van der Waals surface area contributed by atoms with Gasteiger partial charge in [-0.3, -0.25) is 10.1 Å². The predicted octanol–water partition coefficient (Wildman–Crippen LogP) is 2.85. The third-order valence-electron chi connectivity index (χ3n) is 1.83. The van der Waals surface area contributed by atoms with E-state index < -0.39 is 4.92 Å². The van der Waals surface area contributed by atoms with Crippen LogP contribution in [0.5, 0.6) is 0 Å². The lowest BCUT2D eigenvalue weighted by Crippen LogP contribution is -1.86. The number of hydrogen-bond donors (Lipinski definition) is 0. The molecule has 2 aromatic rings. The summed E-state index contributed by atoms with van der Waals surface area (Å²) in [6, 6.07) is 4.41. The first-order valence-corrected chi connectivity index (χ1v) is 5.37. The zero-order chi connectivity index (χ0) is 10.8. The van der Waals surface area contributed by atoms with Gasteiger partial charge in [0.15, 0.2) is 5.58 Å². The lowest BCUT2D eigenvalue weighted by atomic mass is 10.3. The molecule has 2 rings (SSSR count). The maximum absolute atomic E-state index is 10.5. The largest absolute Gasteiger partial charge is 0.431 e. The van der Waals surface area contributed by atoms with Crippen molar-refractivity contribution in [3.63, 3.8) is 0 Å². The number of nitro groups is 1. The Bertz CT molecular complexity index is 509. The molecule has 78 valence electrons. The standard InChI is InChI=1S/C9H8N2O3S/c1-2-15-9-10-7-4-3-6(11(12)13)5-8(7)14-9/h3-5H,2H2,1H3. The van der Waals surface area contributed by atoms with Gasteiger partial charge in [0.1, 0.15) is 5.52 Å². The highest BCUT2D eigenvalue weighted by Crippen LogP contribution is 2.25. The molecule has 0 bridgehead atoms. The molecule has 0 aliphatic carbocycles. The van der Waals surface area contributed by atoms with Crippen LogP contribution in [0.1, 0.15) is 6.92 Å². The molecule has 0 N–H and O–H groups in total. The summed E-state index contributed by atoms with van der Waals surface area (Å²) < 4.78 is 5.35. The second kappa shape index (κ2) is 3.90. The van der Waals surface area contributed by atoms with Crippen LogP contribution in [0.3, 0.4) is 0 Å². The SMILES string of the molecule is CCSc1nc2ccc([N+](=O)[O-])cc2o1. The Labute approximate surface area is 89.6 Å². The zero-order valence-corrected chi connectivity index (χ0v) is 8.78. The summed E-state index contributed by atoms with van der Waals surface area (Å²) in [7, 11) is 0. The van der Waals surface area contributed by atoms with Gasteiger partial charge >= 0.3 is 0 Å². The molecular weight excluding hydrogens is 216 g/mol. The summed E-state index contributed by atoms with van der Waals surface area (Å²) in [5.74, 6) is 0.856. The van der Waals surface area contributed by atoms with Gasteiger partial charge in [-0.15, -0.1) is 0 Å². The smallest absolute Gasteiger partial charge is 0.273 e. The molecule has 0 aliphatic rings. The van der Waals surface area contributed by atoms with Crippen LogP contribution >= 0.6 is 11.8 Å². The number of nitro benzene ring substituents is 1. The van der Waals surface area contributed by atoms with Crippen molar-refractivity contribution in [3.8, 4) is 0 Å². The highest BCUT2D eigenvalue weighted by atomic mass is 32.2. The molecular formula is C9H8N2O3S. The molecule has 6 heteroatoms. The van der Waals surface area contributed by atoms with Crippen molar-refractivity contribution < 1.29 is 9.34 Å². The van der Waals surface area contributed by atoms with Crippen molar-refractivity contribution in [1.29, 1.82) is 0 Å². The minimum absolute atomic E-state index is 0.0201. The van der Waals surface area contributed by atoms with E-state index in [-0.39, 0.29) is 5.69 Å². The van der Waals surface area contributed by atoms with Crippen molar-refractivity contribution in [2.24, 2.45) is 0 Å². The fourth-order valence-electron chi connectivity index (χ4n) is 1.19.